The molecule has 0 saturated heterocycles. The summed E-state index contributed by atoms with van der Waals surface area (Å²) in [5, 5.41) is 0. The lowest BCUT2D eigenvalue weighted by atomic mass is 9.80. The van der Waals surface area contributed by atoms with Crippen LogP contribution in [-0.2, 0) is 0 Å². The molecule has 19 heavy (non-hydrogen) atoms. The second-order valence-electron chi connectivity index (χ2n) is 6.01. The van der Waals surface area contributed by atoms with E-state index in [9.17, 15) is 0 Å². The first-order valence-corrected chi connectivity index (χ1v) is 7.24. The molecular formula is C16H26N2O. The quantitative estimate of drug-likeness (QED) is 0.906. The van der Waals surface area contributed by atoms with Crippen LogP contribution in [0.15, 0.2) is 18.2 Å². The minimum atomic E-state index is 0.166. The van der Waals surface area contributed by atoms with Gasteiger partial charge < -0.3 is 15.4 Å². The van der Waals surface area contributed by atoms with Gasteiger partial charge in [0.05, 0.1) is 6.61 Å². The molecule has 0 aliphatic carbocycles. The summed E-state index contributed by atoms with van der Waals surface area (Å²) in [5.41, 5.74) is 8.65. The number of rotatable bonds is 4. The van der Waals surface area contributed by atoms with E-state index in [0.717, 1.165) is 18.7 Å². The van der Waals surface area contributed by atoms with E-state index in [1.807, 2.05) is 6.92 Å². The van der Waals surface area contributed by atoms with Crippen molar-refractivity contribution in [1.29, 1.82) is 0 Å². The average Bonchev–Trinajstić information content (AvgIpc) is 2.34. The molecule has 3 heteroatoms. The van der Waals surface area contributed by atoms with Crippen LogP contribution in [0.1, 0.15) is 45.6 Å². The van der Waals surface area contributed by atoms with Crippen LogP contribution in [-0.4, -0.2) is 25.2 Å². The molecule has 1 aromatic rings. The van der Waals surface area contributed by atoms with Gasteiger partial charge in [-0.15, -0.1) is 0 Å². The summed E-state index contributed by atoms with van der Waals surface area (Å²) in [6, 6.07) is 6.45. The van der Waals surface area contributed by atoms with E-state index in [4.69, 9.17) is 10.5 Å². The second-order valence-corrected chi connectivity index (χ2v) is 6.01. The van der Waals surface area contributed by atoms with E-state index >= 15 is 0 Å². The van der Waals surface area contributed by atoms with Gasteiger partial charge in [-0.25, -0.2) is 0 Å². The van der Waals surface area contributed by atoms with E-state index in [2.05, 4.69) is 43.9 Å². The van der Waals surface area contributed by atoms with Crippen molar-refractivity contribution >= 4 is 5.69 Å². The Kier molecular flexibility index (Phi) is 4.04. The van der Waals surface area contributed by atoms with Gasteiger partial charge in [0.1, 0.15) is 5.75 Å². The Bertz CT molecular complexity index is 442. The molecule has 2 rings (SSSR count). The van der Waals surface area contributed by atoms with Crippen molar-refractivity contribution in [2.45, 2.75) is 45.6 Å². The molecule has 0 saturated carbocycles. The van der Waals surface area contributed by atoms with Gasteiger partial charge >= 0.3 is 0 Å². The predicted octanol–water partition coefficient (Wildman–Crippen LogP) is 3.14. The fourth-order valence-corrected chi connectivity index (χ4v) is 3.28. The summed E-state index contributed by atoms with van der Waals surface area (Å²) in [5.74, 6) is 1.53. The van der Waals surface area contributed by atoms with Gasteiger partial charge in [-0.1, -0.05) is 6.92 Å². The molecule has 0 bridgehead atoms. The summed E-state index contributed by atoms with van der Waals surface area (Å²) in [6.07, 6.45) is 1.15. The molecule has 1 aliphatic heterocycles. The van der Waals surface area contributed by atoms with E-state index in [0.29, 0.717) is 19.1 Å². The van der Waals surface area contributed by atoms with Crippen LogP contribution < -0.4 is 15.4 Å². The van der Waals surface area contributed by atoms with E-state index in [1.165, 1.54) is 11.3 Å². The average molecular weight is 262 g/mol. The standard InChI is InChI=1S/C16H26N2O/c1-5-19-13-6-7-15-14(10-13)12(2)11-16(3,4)18(15)9-8-17/h6-7,10,12H,5,8-9,11,17H2,1-4H3. The first-order chi connectivity index (χ1) is 8.99. The lowest BCUT2D eigenvalue weighted by Crippen LogP contribution is -2.50. The van der Waals surface area contributed by atoms with Gasteiger partial charge in [0.15, 0.2) is 0 Å². The van der Waals surface area contributed by atoms with Crippen molar-refractivity contribution in [2.75, 3.05) is 24.6 Å². The smallest absolute Gasteiger partial charge is 0.119 e. The molecule has 1 heterocycles. The molecule has 1 aliphatic rings. The van der Waals surface area contributed by atoms with Crippen LogP contribution in [0, 0.1) is 0 Å². The van der Waals surface area contributed by atoms with Crippen molar-refractivity contribution in [3.8, 4) is 5.75 Å². The number of fused-ring (bicyclic) bond motifs is 1. The first kappa shape index (κ1) is 14.2. The third kappa shape index (κ3) is 2.71. The Labute approximate surface area is 116 Å². The van der Waals surface area contributed by atoms with E-state index in [1.54, 1.807) is 0 Å². The summed E-state index contributed by atoms with van der Waals surface area (Å²) in [7, 11) is 0. The monoisotopic (exact) mass is 262 g/mol. The molecule has 3 nitrogen and oxygen atoms in total. The van der Waals surface area contributed by atoms with Crippen LogP contribution in [0.5, 0.6) is 5.75 Å². The zero-order valence-electron chi connectivity index (χ0n) is 12.6. The molecular weight excluding hydrogens is 236 g/mol. The van der Waals surface area contributed by atoms with Crippen LogP contribution in [0.2, 0.25) is 0 Å². The van der Waals surface area contributed by atoms with Crippen LogP contribution in [0.3, 0.4) is 0 Å². The number of hydrogen-bond donors (Lipinski definition) is 1. The maximum absolute atomic E-state index is 5.78. The van der Waals surface area contributed by atoms with Crippen molar-refractivity contribution < 1.29 is 4.74 Å². The molecule has 0 fully saturated rings. The van der Waals surface area contributed by atoms with Gasteiger partial charge in [-0.3, -0.25) is 0 Å². The molecule has 0 aromatic heterocycles. The zero-order valence-corrected chi connectivity index (χ0v) is 12.6. The third-order valence-corrected chi connectivity index (χ3v) is 4.02. The first-order valence-electron chi connectivity index (χ1n) is 7.24. The van der Waals surface area contributed by atoms with Gasteiger partial charge in [-0.2, -0.15) is 0 Å². The van der Waals surface area contributed by atoms with Gasteiger partial charge in [-0.05, 0) is 56.9 Å². The largest absolute Gasteiger partial charge is 0.494 e. The minimum absolute atomic E-state index is 0.166. The Morgan fingerprint density at radius 1 is 1.42 bits per heavy atom. The molecule has 2 N–H and O–H groups in total. The maximum Gasteiger partial charge on any atom is 0.119 e. The zero-order chi connectivity index (χ0) is 14.0. The Morgan fingerprint density at radius 3 is 2.79 bits per heavy atom. The van der Waals surface area contributed by atoms with Gasteiger partial charge in [0.25, 0.3) is 0 Å². The Balaban J connectivity index is 2.42. The van der Waals surface area contributed by atoms with E-state index < -0.39 is 0 Å². The number of nitrogens with zero attached hydrogens (tertiary/aromatic N) is 1. The second kappa shape index (κ2) is 5.41. The number of ether oxygens (including phenoxy) is 1. The minimum Gasteiger partial charge on any atom is -0.494 e. The van der Waals surface area contributed by atoms with E-state index in [-0.39, 0.29) is 5.54 Å². The van der Waals surface area contributed by atoms with Gasteiger partial charge in [0, 0.05) is 24.3 Å². The highest BCUT2D eigenvalue weighted by atomic mass is 16.5. The molecule has 106 valence electrons. The summed E-state index contributed by atoms with van der Waals surface area (Å²) in [6.45, 7) is 11.2. The van der Waals surface area contributed by atoms with Gasteiger partial charge in [0.2, 0.25) is 0 Å². The molecule has 1 unspecified atom stereocenters. The van der Waals surface area contributed by atoms with Crippen molar-refractivity contribution in [3.63, 3.8) is 0 Å². The normalized spacial score (nSPS) is 21.1. The highest BCUT2D eigenvalue weighted by Crippen LogP contribution is 2.44. The number of anilines is 1. The number of nitrogens with two attached hydrogens (primary N) is 1. The maximum atomic E-state index is 5.78. The molecule has 0 spiro atoms. The van der Waals surface area contributed by atoms with Crippen molar-refractivity contribution in [3.05, 3.63) is 23.8 Å². The van der Waals surface area contributed by atoms with Crippen molar-refractivity contribution in [2.24, 2.45) is 5.73 Å². The molecule has 1 aromatic carbocycles. The molecule has 0 radical (unpaired) electrons. The van der Waals surface area contributed by atoms with Crippen LogP contribution >= 0.6 is 0 Å². The van der Waals surface area contributed by atoms with Crippen molar-refractivity contribution in [1.82, 2.24) is 0 Å². The summed E-state index contributed by atoms with van der Waals surface area (Å²) < 4.78 is 5.62. The lowest BCUT2D eigenvalue weighted by molar-refractivity contribution is 0.337. The Morgan fingerprint density at radius 2 is 2.16 bits per heavy atom. The molecule has 0 amide bonds. The highest BCUT2D eigenvalue weighted by molar-refractivity contribution is 5.61. The Hall–Kier alpha value is -1.22. The van der Waals surface area contributed by atoms with Crippen LogP contribution in [0.4, 0.5) is 5.69 Å². The number of benzene rings is 1. The summed E-state index contributed by atoms with van der Waals surface area (Å²) in [4.78, 5) is 2.44. The fourth-order valence-electron chi connectivity index (χ4n) is 3.28. The predicted molar refractivity (Wildman–Crippen MR) is 81.1 cm³/mol. The topological polar surface area (TPSA) is 38.5 Å². The number of hydrogen-bond acceptors (Lipinski definition) is 3. The molecule has 1 atom stereocenters. The third-order valence-electron chi connectivity index (χ3n) is 4.02. The van der Waals surface area contributed by atoms with Crippen LogP contribution in [0.25, 0.3) is 0 Å². The summed E-state index contributed by atoms with van der Waals surface area (Å²) >= 11 is 0. The highest BCUT2D eigenvalue weighted by Gasteiger charge is 2.35. The fraction of sp³-hybridized carbons (Fsp3) is 0.625. The lowest BCUT2D eigenvalue weighted by Gasteiger charge is -2.47. The SMILES string of the molecule is CCOc1ccc2c(c1)C(C)CC(C)(C)N2CCN.